The van der Waals surface area contributed by atoms with E-state index < -0.39 is 10.0 Å². The van der Waals surface area contributed by atoms with Crippen molar-refractivity contribution in [1.29, 1.82) is 0 Å². The minimum atomic E-state index is -3.32. The number of rotatable bonds is 9. The van der Waals surface area contributed by atoms with Crippen LogP contribution >= 0.6 is 0 Å². The lowest BCUT2D eigenvalue weighted by Crippen LogP contribution is -2.57. The lowest BCUT2D eigenvalue weighted by molar-refractivity contribution is -0.0511. The fourth-order valence-electron chi connectivity index (χ4n) is 4.37. The molecule has 1 fully saturated rings. The molecule has 1 saturated carbocycles. The fourth-order valence-corrected chi connectivity index (χ4v) is 5.13. The van der Waals surface area contributed by atoms with Crippen LogP contribution in [0.2, 0.25) is 0 Å². The van der Waals surface area contributed by atoms with E-state index in [1.165, 1.54) is 18.2 Å². The molecule has 8 nitrogen and oxygen atoms in total. The first kappa shape index (κ1) is 24.2. The Kier molecular flexibility index (Phi) is 6.67. The quantitative estimate of drug-likeness (QED) is 0.407. The first-order chi connectivity index (χ1) is 16.1. The van der Waals surface area contributed by atoms with E-state index >= 15 is 0 Å². The van der Waals surface area contributed by atoms with E-state index in [2.05, 4.69) is 37.3 Å². The Bertz CT molecular complexity index is 1260. The van der Waals surface area contributed by atoms with E-state index in [0.29, 0.717) is 30.3 Å². The zero-order valence-electron chi connectivity index (χ0n) is 19.7. The summed E-state index contributed by atoms with van der Waals surface area (Å²) in [5, 5.41) is 16.7. The van der Waals surface area contributed by atoms with Crippen LogP contribution in [-0.4, -0.2) is 49.2 Å². The molecule has 4 N–H and O–H groups in total. The van der Waals surface area contributed by atoms with Gasteiger partial charge >= 0.3 is 0 Å². The van der Waals surface area contributed by atoms with Gasteiger partial charge in [-0.2, -0.15) is 4.98 Å². The molecule has 0 bridgehead atoms. The molecule has 0 spiro atoms. The van der Waals surface area contributed by atoms with E-state index in [9.17, 15) is 13.5 Å². The number of aliphatic hydroxyl groups is 1. The molecule has 0 aliphatic heterocycles. The number of anilines is 2. The second kappa shape index (κ2) is 9.37. The summed E-state index contributed by atoms with van der Waals surface area (Å²) in [6, 6.07) is 5.93. The molecular formula is C25H31N5O3S. The molecule has 1 aromatic carbocycles. The van der Waals surface area contributed by atoms with Gasteiger partial charge in [0.1, 0.15) is 5.82 Å². The van der Waals surface area contributed by atoms with Crippen molar-refractivity contribution in [2.75, 3.05) is 24.2 Å². The van der Waals surface area contributed by atoms with Crippen LogP contribution in [0.5, 0.6) is 0 Å². The third-order valence-corrected chi connectivity index (χ3v) is 8.24. The summed E-state index contributed by atoms with van der Waals surface area (Å²) in [6.45, 7) is 4.65. The number of terminal acetylenes is 1. The Hall–Kier alpha value is -2.93. The number of nitrogens with zero attached hydrogens (tertiary/aromatic N) is 2. The van der Waals surface area contributed by atoms with E-state index in [-0.39, 0.29) is 23.3 Å². The van der Waals surface area contributed by atoms with Crippen molar-refractivity contribution >= 4 is 27.4 Å². The number of nitrogens with one attached hydrogen (secondary N) is 3. The number of fused-ring (bicyclic) bond motifs is 1. The second-order valence-corrected chi connectivity index (χ2v) is 11.4. The molecule has 2 atom stereocenters. The third-order valence-electron chi connectivity index (χ3n) is 6.90. The highest BCUT2D eigenvalue weighted by molar-refractivity contribution is 7.88. The minimum absolute atomic E-state index is 0.0394. The van der Waals surface area contributed by atoms with Gasteiger partial charge in [-0.05, 0) is 48.6 Å². The van der Waals surface area contributed by atoms with Gasteiger partial charge in [0.15, 0.2) is 0 Å². The minimum Gasteiger partial charge on any atom is -0.392 e. The van der Waals surface area contributed by atoms with E-state index in [1.54, 1.807) is 6.20 Å². The van der Waals surface area contributed by atoms with Crippen molar-refractivity contribution in [3.63, 3.8) is 0 Å². The Morgan fingerprint density at radius 1 is 1.32 bits per heavy atom. The van der Waals surface area contributed by atoms with Crippen molar-refractivity contribution in [3.8, 4) is 12.3 Å². The number of aliphatic hydroxyl groups excluding tert-OH is 1. The topological polar surface area (TPSA) is 116 Å². The second-order valence-electron chi connectivity index (χ2n) is 9.43. The van der Waals surface area contributed by atoms with Gasteiger partial charge in [-0.15, -0.1) is 6.42 Å². The fraction of sp³-hybridized carbons (Fsp3) is 0.440. The monoisotopic (exact) mass is 481 g/mol. The Morgan fingerprint density at radius 3 is 2.79 bits per heavy atom. The number of allylic oxidation sites excluding steroid dienone is 1. The highest BCUT2D eigenvalue weighted by Crippen LogP contribution is 2.42. The molecule has 1 heterocycles. The molecule has 180 valence electrons. The lowest BCUT2D eigenvalue weighted by Gasteiger charge is -2.49. The van der Waals surface area contributed by atoms with Gasteiger partial charge in [-0.3, -0.25) is 0 Å². The molecule has 0 unspecified atom stereocenters. The predicted octanol–water partition coefficient (Wildman–Crippen LogP) is 2.52. The summed E-state index contributed by atoms with van der Waals surface area (Å²) < 4.78 is 26.2. The number of hydrogen-bond donors (Lipinski definition) is 4. The van der Waals surface area contributed by atoms with Crippen LogP contribution < -0.4 is 15.4 Å². The molecule has 1 aromatic heterocycles. The van der Waals surface area contributed by atoms with E-state index in [1.807, 2.05) is 32.0 Å². The molecule has 0 saturated heterocycles. The van der Waals surface area contributed by atoms with Gasteiger partial charge in [0.2, 0.25) is 16.0 Å². The van der Waals surface area contributed by atoms with Gasteiger partial charge in [0, 0.05) is 18.0 Å². The van der Waals surface area contributed by atoms with Gasteiger partial charge in [0.05, 0.1) is 23.6 Å². The molecular weight excluding hydrogens is 450 g/mol. The number of sulfonamides is 1. The maximum absolute atomic E-state index is 11.9. The number of benzene rings is 1. The summed E-state index contributed by atoms with van der Waals surface area (Å²) in [6.07, 6.45) is 11.3. The molecule has 0 radical (unpaired) electrons. The normalized spacial score (nSPS) is 20.6. The molecule has 2 aliphatic rings. The number of hydrogen-bond acceptors (Lipinski definition) is 7. The van der Waals surface area contributed by atoms with Crippen molar-refractivity contribution < 1.29 is 13.5 Å². The first-order valence-electron chi connectivity index (χ1n) is 11.4. The van der Waals surface area contributed by atoms with Crippen molar-refractivity contribution in [1.82, 2.24) is 14.7 Å². The predicted molar refractivity (Wildman–Crippen MR) is 135 cm³/mol. The van der Waals surface area contributed by atoms with Crippen molar-refractivity contribution in [2.24, 2.45) is 5.41 Å². The van der Waals surface area contributed by atoms with Gasteiger partial charge in [-0.1, -0.05) is 44.0 Å². The largest absolute Gasteiger partial charge is 0.392 e. The molecule has 2 aliphatic carbocycles. The third kappa shape index (κ3) is 4.94. The Morgan fingerprint density at radius 2 is 2.12 bits per heavy atom. The SMILES string of the molecule is C#Cc1cnc(NCCC2=CCc3ccc(CS(=O)(=O)NC)cc32)nc1N[C@@H]1C[C@H](O)C1(C)C. The highest BCUT2D eigenvalue weighted by atomic mass is 32.2. The summed E-state index contributed by atoms with van der Waals surface area (Å²) in [5.74, 6) is 3.65. The van der Waals surface area contributed by atoms with Gasteiger partial charge in [0.25, 0.3) is 0 Å². The first-order valence-corrected chi connectivity index (χ1v) is 13.0. The smallest absolute Gasteiger partial charge is 0.224 e. The highest BCUT2D eigenvalue weighted by Gasteiger charge is 2.47. The summed E-state index contributed by atoms with van der Waals surface area (Å²) in [4.78, 5) is 8.92. The molecule has 0 amide bonds. The molecule has 2 aromatic rings. The zero-order valence-corrected chi connectivity index (χ0v) is 20.5. The summed E-state index contributed by atoms with van der Waals surface area (Å²) >= 11 is 0. The summed E-state index contributed by atoms with van der Waals surface area (Å²) in [7, 11) is -1.89. The molecule has 4 rings (SSSR count). The Labute approximate surface area is 201 Å². The van der Waals surface area contributed by atoms with Crippen LogP contribution in [0.4, 0.5) is 11.8 Å². The van der Waals surface area contributed by atoms with Gasteiger partial charge in [-0.25, -0.2) is 18.1 Å². The average Bonchev–Trinajstić information content (AvgIpc) is 3.21. The van der Waals surface area contributed by atoms with E-state index in [4.69, 9.17) is 6.42 Å². The number of aromatic nitrogens is 2. The molecule has 9 heteroatoms. The van der Waals surface area contributed by atoms with Crippen LogP contribution in [0.25, 0.3) is 5.57 Å². The standard InChI is InChI=1S/C25H31N5O3S/c1-5-17-14-28-24(30-23(17)29-21-13-22(31)25(21,2)3)27-11-10-19-9-8-18-7-6-16(12-20(18)19)15-34(32,33)26-4/h1,6-7,9,12,14,21-22,26,31H,8,10-11,13,15H2,2-4H3,(H2,27,28,29,30)/t21-,22+/m1/s1. The lowest BCUT2D eigenvalue weighted by atomic mass is 9.64. The van der Waals surface area contributed by atoms with Crippen molar-refractivity contribution in [3.05, 3.63) is 52.7 Å². The molecule has 34 heavy (non-hydrogen) atoms. The van der Waals surface area contributed by atoms with Crippen LogP contribution in [0.15, 0.2) is 30.5 Å². The van der Waals surface area contributed by atoms with Crippen LogP contribution in [-0.2, 0) is 22.2 Å². The van der Waals surface area contributed by atoms with E-state index in [0.717, 1.165) is 24.0 Å². The Balaban J connectivity index is 1.40. The summed E-state index contributed by atoms with van der Waals surface area (Å²) in [5.41, 5.74) is 4.57. The average molecular weight is 482 g/mol. The van der Waals surface area contributed by atoms with Crippen LogP contribution in [0.1, 0.15) is 48.9 Å². The van der Waals surface area contributed by atoms with Crippen molar-refractivity contribution in [2.45, 2.75) is 51.0 Å². The van der Waals surface area contributed by atoms with Crippen LogP contribution in [0, 0.1) is 17.8 Å². The van der Waals surface area contributed by atoms with Gasteiger partial charge < -0.3 is 15.7 Å². The zero-order chi connectivity index (χ0) is 24.5. The maximum atomic E-state index is 11.9. The maximum Gasteiger partial charge on any atom is 0.224 e. The van der Waals surface area contributed by atoms with Crippen LogP contribution in [0.3, 0.4) is 0 Å².